The SMILES string of the molecule is CS(=O)(=O)c1ccc(C(CC2CCCC2)C(=O)Nc2cnc(Cc3sc(=O)[nH]c3O)cn2)cc1Cl. The fraction of sp³-hybridized carbons (Fsp3) is 0.391. The summed E-state index contributed by atoms with van der Waals surface area (Å²) in [5.41, 5.74) is 1.17. The summed E-state index contributed by atoms with van der Waals surface area (Å²) in [6.45, 7) is 0. The van der Waals surface area contributed by atoms with Crippen LogP contribution in [0.2, 0.25) is 5.02 Å². The van der Waals surface area contributed by atoms with Gasteiger partial charge in [-0.1, -0.05) is 54.7 Å². The van der Waals surface area contributed by atoms with Crippen molar-refractivity contribution in [2.24, 2.45) is 5.92 Å². The lowest BCUT2D eigenvalue weighted by Crippen LogP contribution is -2.24. The summed E-state index contributed by atoms with van der Waals surface area (Å²) in [4.78, 5) is 35.6. The smallest absolute Gasteiger partial charge is 0.307 e. The van der Waals surface area contributed by atoms with E-state index in [0.29, 0.717) is 28.5 Å². The van der Waals surface area contributed by atoms with Crippen molar-refractivity contribution < 1.29 is 18.3 Å². The lowest BCUT2D eigenvalue weighted by atomic mass is 9.87. The Balaban J connectivity index is 1.52. The van der Waals surface area contributed by atoms with Gasteiger partial charge in [-0.25, -0.2) is 13.4 Å². The number of H-pyrrole nitrogens is 1. The van der Waals surface area contributed by atoms with Crippen LogP contribution in [0.4, 0.5) is 5.82 Å². The number of aromatic hydroxyl groups is 1. The minimum absolute atomic E-state index is 0.0304. The Morgan fingerprint density at radius 3 is 2.60 bits per heavy atom. The van der Waals surface area contributed by atoms with Crippen LogP contribution in [0, 0.1) is 5.92 Å². The highest BCUT2D eigenvalue weighted by atomic mass is 35.5. The Bertz CT molecular complexity index is 1380. The van der Waals surface area contributed by atoms with E-state index < -0.39 is 15.8 Å². The lowest BCUT2D eigenvalue weighted by Gasteiger charge is -2.21. The van der Waals surface area contributed by atoms with Crippen LogP contribution in [-0.2, 0) is 21.1 Å². The standard InChI is InChI=1S/C23H25ClN4O5S2/c1-35(32,33)19-7-6-14(9-17(19)24)16(8-13-4-2-3-5-13)21(29)27-20-12-25-15(11-26-20)10-18-22(30)28-23(31)34-18/h6-7,9,11-13,16,30H,2-5,8,10H2,1H3,(H,28,31)(H,26,27,29). The molecule has 186 valence electrons. The van der Waals surface area contributed by atoms with Gasteiger partial charge in [0.2, 0.25) is 11.8 Å². The highest BCUT2D eigenvalue weighted by Gasteiger charge is 2.28. The number of nitrogens with zero attached hydrogens (tertiary/aromatic N) is 2. The molecule has 0 aliphatic heterocycles. The van der Waals surface area contributed by atoms with Gasteiger partial charge in [0.1, 0.15) is 0 Å². The van der Waals surface area contributed by atoms with E-state index >= 15 is 0 Å². The number of rotatable bonds is 8. The minimum atomic E-state index is -3.48. The molecule has 1 saturated carbocycles. The summed E-state index contributed by atoms with van der Waals surface area (Å²) in [5, 5.41) is 12.6. The first-order valence-corrected chi connectivity index (χ1v) is 14.2. The number of sulfone groups is 1. The molecule has 1 fully saturated rings. The fourth-order valence-electron chi connectivity index (χ4n) is 4.37. The van der Waals surface area contributed by atoms with Crippen LogP contribution in [0.15, 0.2) is 40.3 Å². The van der Waals surface area contributed by atoms with E-state index in [9.17, 15) is 23.1 Å². The predicted molar refractivity (Wildman–Crippen MR) is 134 cm³/mol. The average molecular weight is 537 g/mol. The molecule has 2 heterocycles. The molecule has 3 aromatic rings. The second kappa shape index (κ2) is 10.5. The maximum Gasteiger partial charge on any atom is 0.307 e. The molecule has 1 aliphatic carbocycles. The number of hydrogen-bond donors (Lipinski definition) is 3. The predicted octanol–water partition coefficient (Wildman–Crippen LogP) is 3.88. The third-order valence-corrected chi connectivity index (χ3v) is 8.57. The van der Waals surface area contributed by atoms with E-state index in [4.69, 9.17) is 11.6 Å². The zero-order valence-electron chi connectivity index (χ0n) is 19.0. The molecule has 1 aliphatic rings. The maximum absolute atomic E-state index is 13.3. The highest BCUT2D eigenvalue weighted by Crippen LogP contribution is 2.36. The summed E-state index contributed by atoms with van der Waals surface area (Å²) in [6.07, 6.45) is 9.20. The van der Waals surface area contributed by atoms with E-state index in [1.165, 1.54) is 18.5 Å². The van der Waals surface area contributed by atoms with Gasteiger partial charge in [-0.3, -0.25) is 19.6 Å². The molecule has 3 N–H and O–H groups in total. The van der Waals surface area contributed by atoms with Gasteiger partial charge in [0.05, 0.1) is 38.8 Å². The Labute approximate surface area is 211 Å². The van der Waals surface area contributed by atoms with Crippen LogP contribution in [0.5, 0.6) is 5.88 Å². The van der Waals surface area contributed by atoms with Crippen molar-refractivity contribution in [2.75, 3.05) is 11.6 Å². The number of nitrogens with one attached hydrogen (secondary N) is 2. The van der Waals surface area contributed by atoms with Crippen LogP contribution >= 0.6 is 22.9 Å². The first-order valence-electron chi connectivity index (χ1n) is 11.1. The number of halogens is 1. The Morgan fingerprint density at radius 1 is 1.29 bits per heavy atom. The molecule has 0 bridgehead atoms. The van der Waals surface area contributed by atoms with Crippen molar-refractivity contribution in [1.29, 1.82) is 0 Å². The Hall–Kier alpha value is -2.76. The number of amides is 1. The number of carbonyl (C=O) groups excluding carboxylic acids is 1. The van der Waals surface area contributed by atoms with Gasteiger partial charge in [-0.05, 0) is 30.0 Å². The number of aromatic amines is 1. The first-order chi connectivity index (χ1) is 16.6. The number of thiazole rings is 1. The zero-order chi connectivity index (χ0) is 25.2. The van der Waals surface area contributed by atoms with Gasteiger partial charge < -0.3 is 10.4 Å². The van der Waals surface area contributed by atoms with E-state index in [0.717, 1.165) is 43.3 Å². The van der Waals surface area contributed by atoms with Crippen LogP contribution < -0.4 is 10.2 Å². The second-order valence-electron chi connectivity index (χ2n) is 8.75. The molecular formula is C23H25ClN4O5S2. The van der Waals surface area contributed by atoms with E-state index in [-0.39, 0.29) is 38.8 Å². The summed E-state index contributed by atoms with van der Waals surface area (Å²) < 4.78 is 23.9. The average Bonchev–Trinajstić information content (AvgIpc) is 3.41. The summed E-state index contributed by atoms with van der Waals surface area (Å²) in [7, 11) is -3.48. The molecule has 0 saturated heterocycles. The third-order valence-electron chi connectivity index (χ3n) is 6.12. The van der Waals surface area contributed by atoms with Gasteiger partial charge >= 0.3 is 4.87 Å². The Kier molecular flexibility index (Phi) is 7.58. The molecule has 9 nitrogen and oxygen atoms in total. The largest absolute Gasteiger partial charge is 0.494 e. The van der Waals surface area contributed by atoms with Crippen LogP contribution in [-0.4, -0.2) is 40.6 Å². The van der Waals surface area contributed by atoms with E-state index in [2.05, 4.69) is 20.3 Å². The monoisotopic (exact) mass is 536 g/mol. The molecular weight excluding hydrogens is 512 g/mol. The van der Waals surface area contributed by atoms with Crippen molar-refractivity contribution in [3.63, 3.8) is 0 Å². The maximum atomic E-state index is 13.3. The number of anilines is 1. The van der Waals surface area contributed by atoms with Gasteiger partial charge in [-0.2, -0.15) is 0 Å². The highest BCUT2D eigenvalue weighted by molar-refractivity contribution is 7.90. The molecule has 1 atom stereocenters. The summed E-state index contributed by atoms with van der Waals surface area (Å²) in [5.74, 6) is -0.327. The third kappa shape index (κ3) is 6.28. The number of carbonyl (C=O) groups is 1. The van der Waals surface area contributed by atoms with Crippen LogP contribution in [0.3, 0.4) is 0 Å². The molecule has 4 rings (SSSR count). The van der Waals surface area contributed by atoms with Crippen LogP contribution in [0.1, 0.15) is 54.2 Å². The number of aromatic nitrogens is 3. The molecule has 1 unspecified atom stereocenters. The van der Waals surface area contributed by atoms with Crippen LogP contribution in [0.25, 0.3) is 0 Å². The molecule has 1 aromatic carbocycles. The van der Waals surface area contributed by atoms with Crippen molar-refractivity contribution >= 4 is 44.5 Å². The number of hydrogen-bond acceptors (Lipinski definition) is 8. The first kappa shape index (κ1) is 25.3. The topological polar surface area (TPSA) is 142 Å². The van der Waals surface area contributed by atoms with Crippen molar-refractivity contribution in [3.8, 4) is 5.88 Å². The molecule has 12 heteroatoms. The molecule has 0 radical (unpaired) electrons. The molecule has 1 amide bonds. The van der Waals surface area contributed by atoms with E-state index in [1.807, 2.05) is 0 Å². The van der Waals surface area contributed by atoms with Crippen molar-refractivity contribution in [2.45, 2.75) is 49.3 Å². The molecule has 0 spiro atoms. The molecule has 35 heavy (non-hydrogen) atoms. The van der Waals surface area contributed by atoms with Gasteiger partial charge in [-0.15, -0.1) is 0 Å². The normalized spacial score (nSPS) is 15.3. The minimum Gasteiger partial charge on any atom is -0.494 e. The second-order valence-corrected chi connectivity index (χ2v) is 12.2. The Morgan fingerprint density at radius 2 is 2.03 bits per heavy atom. The lowest BCUT2D eigenvalue weighted by molar-refractivity contribution is -0.118. The quantitative estimate of drug-likeness (QED) is 0.396. The fourth-order valence-corrected chi connectivity index (χ4v) is 6.45. The zero-order valence-corrected chi connectivity index (χ0v) is 21.3. The van der Waals surface area contributed by atoms with Crippen molar-refractivity contribution in [1.82, 2.24) is 15.0 Å². The number of benzene rings is 1. The van der Waals surface area contributed by atoms with Gasteiger partial charge in [0.15, 0.2) is 15.7 Å². The summed E-state index contributed by atoms with van der Waals surface area (Å²) >= 11 is 7.16. The van der Waals surface area contributed by atoms with Crippen molar-refractivity contribution in [3.05, 3.63) is 61.4 Å². The van der Waals surface area contributed by atoms with Gasteiger partial charge in [0.25, 0.3) is 0 Å². The van der Waals surface area contributed by atoms with E-state index in [1.54, 1.807) is 12.1 Å². The van der Waals surface area contributed by atoms with Gasteiger partial charge in [0, 0.05) is 12.7 Å². The molecule has 2 aromatic heterocycles. The summed E-state index contributed by atoms with van der Waals surface area (Å²) in [6, 6.07) is 4.65.